The van der Waals surface area contributed by atoms with Crippen molar-refractivity contribution in [1.29, 1.82) is 0 Å². The maximum atomic E-state index is 14.4. The van der Waals surface area contributed by atoms with E-state index in [-0.39, 0.29) is 23.8 Å². The molecule has 3 aromatic carbocycles. The second-order valence-corrected chi connectivity index (χ2v) is 13.1. The van der Waals surface area contributed by atoms with Crippen molar-refractivity contribution < 1.29 is 23.7 Å². The Bertz CT molecular complexity index is 2030. The Balaban J connectivity index is 1.65. The van der Waals surface area contributed by atoms with Crippen molar-refractivity contribution in [3.8, 4) is 17.2 Å². The molecule has 0 amide bonds. The molecule has 258 valence electrons. The van der Waals surface area contributed by atoms with Gasteiger partial charge in [-0.05, 0) is 95.1 Å². The predicted octanol–water partition coefficient (Wildman–Crippen LogP) is 6.67. The molecule has 2 heterocycles. The minimum Gasteiger partial charge on any atom is -0.493 e. The minimum atomic E-state index is -0.801. The molecule has 0 N–H and O–H groups in total. The van der Waals surface area contributed by atoms with Crippen LogP contribution < -0.4 is 34.0 Å². The normalized spacial score (nSPS) is 14.4. The van der Waals surface area contributed by atoms with E-state index in [2.05, 4.69) is 18.7 Å². The zero-order valence-electron chi connectivity index (χ0n) is 28.9. The molecule has 0 aliphatic carbocycles. The zero-order chi connectivity index (χ0) is 35.2. The third-order valence-corrected chi connectivity index (χ3v) is 9.34. The Hall–Kier alpha value is -4.54. The van der Waals surface area contributed by atoms with Gasteiger partial charge in [0.25, 0.3) is 5.56 Å². The van der Waals surface area contributed by atoms with Crippen LogP contribution >= 0.6 is 22.9 Å². The van der Waals surface area contributed by atoms with Crippen LogP contribution in [0.2, 0.25) is 5.02 Å². The minimum absolute atomic E-state index is 0.0733. The third-order valence-electron chi connectivity index (χ3n) is 8.10. The number of nitrogens with zero attached hydrogens (tertiary/aromatic N) is 3. The summed E-state index contributed by atoms with van der Waals surface area (Å²) in [7, 11) is 1.56. The second kappa shape index (κ2) is 15.8. The number of methoxy groups -OCH3 is 1. The summed E-state index contributed by atoms with van der Waals surface area (Å²) in [6.07, 6.45) is 1.75. The lowest BCUT2D eigenvalue weighted by Crippen LogP contribution is -2.40. The molecule has 11 heteroatoms. The number of ether oxygens (including phenoxy) is 4. The average Bonchev–Trinajstić information content (AvgIpc) is 3.38. The molecule has 5 rings (SSSR count). The molecule has 0 bridgehead atoms. The van der Waals surface area contributed by atoms with E-state index in [9.17, 15) is 9.59 Å². The first-order chi connectivity index (χ1) is 23.6. The highest BCUT2D eigenvalue weighted by molar-refractivity contribution is 7.07. The van der Waals surface area contributed by atoms with Crippen LogP contribution in [-0.4, -0.2) is 43.4 Å². The van der Waals surface area contributed by atoms with Crippen molar-refractivity contribution in [3.63, 3.8) is 0 Å². The lowest BCUT2D eigenvalue weighted by molar-refractivity contribution is -0.139. The van der Waals surface area contributed by atoms with E-state index in [0.29, 0.717) is 49.5 Å². The van der Waals surface area contributed by atoms with E-state index in [4.69, 9.17) is 35.5 Å². The Morgan fingerprint density at radius 3 is 2.41 bits per heavy atom. The number of carbonyl (C=O) groups excluding carboxylic acids is 1. The maximum Gasteiger partial charge on any atom is 0.338 e. The zero-order valence-corrected chi connectivity index (χ0v) is 30.5. The number of rotatable bonds is 13. The quantitative estimate of drug-likeness (QED) is 0.144. The predicted molar refractivity (Wildman–Crippen MR) is 195 cm³/mol. The number of hydrogen-bond donors (Lipinski definition) is 0. The molecule has 0 radical (unpaired) electrons. The Labute approximate surface area is 295 Å². The van der Waals surface area contributed by atoms with Crippen LogP contribution in [0.15, 0.2) is 81.7 Å². The molecule has 0 saturated carbocycles. The van der Waals surface area contributed by atoms with Gasteiger partial charge in [-0.25, -0.2) is 9.79 Å². The van der Waals surface area contributed by atoms with Gasteiger partial charge in [-0.15, -0.1) is 0 Å². The molecular formula is C38H42ClN3O6S. The number of aromatic nitrogens is 1. The van der Waals surface area contributed by atoms with E-state index >= 15 is 0 Å². The number of carbonyl (C=O) groups is 1. The van der Waals surface area contributed by atoms with Crippen molar-refractivity contribution in [1.82, 2.24) is 4.57 Å². The fourth-order valence-electron chi connectivity index (χ4n) is 5.75. The average molecular weight is 704 g/mol. The van der Waals surface area contributed by atoms with E-state index in [0.717, 1.165) is 29.9 Å². The molecule has 0 spiro atoms. The topological polar surface area (TPSA) is 91.6 Å². The summed E-state index contributed by atoms with van der Waals surface area (Å²) in [5.41, 5.74) is 3.86. The van der Waals surface area contributed by atoms with E-state index in [1.54, 1.807) is 37.7 Å². The molecule has 1 aromatic heterocycles. The van der Waals surface area contributed by atoms with Gasteiger partial charge in [-0.3, -0.25) is 9.36 Å². The molecule has 4 aromatic rings. The first kappa shape index (κ1) is 35.8. The molecule has 49 heavy (non-hydrogen) atoms. The maximum absolute atomic E-state index is 14.4. The van der Waals surface area contributed by atoms with Crippen LogP contribution in [-0.2, 0) is 16.1 Å². The highest BCUT2D eigenvalue weighted by Gasteiger charge is 2.34. The smallest absolute Gasteiger partial charge is 0.338 e. The van der Waals surface area contributed by atoms with Crippen LogP contribution in [0.5, 0.6) is 17.2 Å². The number of hydrogen-bond acceptors (Lipinski definition) is 9. The molecule has 1 aliphatic rings. The Morgan fingerprint density at radius 1 is 1.02 bits per heavy atom. The fraction of sp³-hybridized carbons (Fsp3) is 0.342. The standard InChI is InChI=1S/C38H42ClN3O6S/c1-8-41(9-2)29-17-13-26(31(21-29)47-22-25-11-15-28(39)16-12-25)20-33-36(43)42-35(27-14-18-30(48-23(4)5)32(19-27)45-7)34(37(44)46-10-3)24(6)40-38(42)49-33/h11-21,23,35H,8-10,22H2,1-7H3/b33-20+/t35-/m0/s1. The summed E-state index contributed by atoms with van der Waals surface area (Å²) in [5.74, 6) is 1.15. The Kier molecular flexibility index (Phi) is 11.5. The summed E-state index contributed by atoms with van der Waals surface area (Å²) in [6, 6.07) is 18.1. The summed E-state index contributed by atoms with van der Waals surface area (Å²) < 4.78 is 25.5. The van der Waals surface area contributed by atoms with Crippen LogP contribution in [0.1, 0.15) is 64.3 Å². The SMILES string of the molecule is CCOC(=O)C1=C(C)N=c2s/c(=C/c3ccc(N(CC)CC)cc3OCc3ccc(Cl)cc3)c(=O)n2[C@H]1c1ccc(OC(C)C)c(OC)c1. The third kappa shape index (κ3) is 7.86. The first-order valence-electron chi connectivity index (χ1n) is 16.4. The molecule has 0 unspecified atom stereocenters. The van der Waals surface area contributed by atoms with E-state index < -0.39 is 12.0 Å². The summed E-state index contributed by atoms with van der Waals surface area (Å²) in [6.45, 7) is 13.8. The first-order valence-corrected chi connectivity index (χ1v) is 17.6. The molecule has 0 saturated heterocycles. The van der Waals surface area contributed by atoms with Gasteiger partial charge < -0.3 is 23.8 Å². The summed E-state index contributed by atoms with van der Waals surface area (Å²) in [4.78, 5) is 35.2. The van der Waals surface area contributed by atoms with Gasteiger partial charge in [0.1, 0.15) is 12.4 Å². The number of anilines is 1. The van der Waals surface area contributed by atoms with Gasteiger partial charge in [-0.1, -0.05) is 41.1 Å². The van der Waals surface area contributed by atoms with Gasteiger partial charge in [0, 0.05) is 35.4 Å². The van der Waals surface area contributed by atoms with Crippen molar-refractivity contribution in [2.45, 2.75) is 60.3 Å². The van der Waals surface area contributed by atoms with Crippen LogP contribution in [0, 0.1) is 0 Å². The number of benzene rings is 3. The number of fused-ring (bicyclic) bond motifs is 1. The second-order valence-electron chi connectivity index (χ2n) is 11.7. The van der Waals surface area contributed by atoms with Gasteiger partial charge in [0.2, 0.25) is 0 Å². The number of halogens is 1. The fourth-order valence-corrected chi connectivity index (χ4v) is 6.91. The largest absolute Gasteiger partial charge is 0.493 e. The van der Waals surface area contributed by atoms with Crippen LogP contribution in [0.25, 0.3) is 6.08 Å². The van der Waals surface area contributed by atoms with Crippen molar-refractivity contribution >= 4 is 40.7 Å². The van der Waals surface area contributed by atoms with Gasteiger partial charge >= 0.3 is 5.97 Å². The molecular weight excluding hydrogens is 662 g/mol. The van der Waals surface area contributed by atoms with Crippen LogP contribution in [0.4, 0.5) is 5.69 Å². The molecule has 0 fully saturated rings. The van der Waals surface area contributed by atoms with E-state index in [1.807, 2.05) is 68.5 Å². The lowest BCUT2D eigenvalue weighted by atomic mass is 9.95. The Morgan fingerprint density at radius 2 is 1.76 bits per heavy atom. The molecule has 9 nitrogen and oxygen atoms in total. The highest BCUT2D eigenvalue weighted by Crippen LogP contribution is 2.37. The molecule has 1 aliphatic heterocycles. The monoisotopic (exact) mass is 703 g/mol. The van der Waals surface area contributed by atoms with Crippen molar-refractivity contribution in [2.75, 3.05) is 31.7 Å². The number of thiazole rings is 1. The summed E-state index contributed by atoms with van der Waals surface area (Å²) in [5, 5.41) is 0.654. The summed E-state index contributed by atoms with van der Waals surface area (Å²) >= 11 is 7.36. The van der Waals surface area contributed by atoms with Crippen molar-refractivity contribution in [2.24, 2.45) is 4.99 Å². The van der Waals surface area contributed by atoms with Gasteiger partial charge in [-0.2, -0.15) is 0 Å². The highest BCUT2D eigenvalue weighted by atomic mass is 35.5. The van der Waals surface area contributed by atoms with Gasteiger partial charge in [0.15, 0.2) is 16.3 Å². The lowest BCUT2D eigenvalue weighted by Gasteiger charge is -2.25. The van der Waals surface area contributed by atoms with Crippen molar-refractivity contribution in [3.05, 3.63) is 113 Å². The molecule has 1 atom stereocenters. The number of allylic oxidation sites excluding steroid dienone is 1. The van der Waals surface area contributed by atoms with Gasteiger partial charge in [0.05, 0.1) is 41.7 Å². The van der Waals surface area contributed by atoms with Crippen LogP contribution in [0.3, 0.4) is 0 Å². The number of esters is 1. The van der Waals surface area contributed by atoms with E-state index in [1.165, 1.54) is 11.3 Å².